The topological polar surface area (TPSA) is 58.2 Å². The minimum Gasteiger partial charge on any atom is -0.315 e. The van der Waals surface area contributed by atoms with Crippen molar-refractivity contribution in [2.24, 2.45) is 5.92 Å². The summed E-state index contributed by atoms with van der Waals surface area (Å²) in [6.45, 7) is 5.65. The van der Waals surface area contributed by atoms with Crippen molar-refractivity contribution in [2.75, 3.05) is 13.1 Å². The predicted molar refractivity (Wildman–Crippen MR) is 86.9 cm³/mol. The summed E-state index contributed by atoms with van der Waals surface area (Å²) in [5.41, 5.74) is 1.03. The molecule has 1 saturated heterocycles. The Balaban J connectivity index is 0.00000200. The molecule has 0 amide bonds. The van der Waals surface area contributed by atoms with Gasteiger partial charge in [-0.2, -0.15) is 0 Å². The number of piperidine rings is 1. The normalized spacial score (nSPS) is 23.1. The van der Waals surface area contributed by atoms with Gasteiger partial charge in [0.2, 0.25) is 10.0 Å². The molecule has 0 saturated carbocycles. The molecular formula is C13H20BrClN2O2S. The van der Waals surface area contributed by atoms with Crippen LogP contribution in [-0.2, 0) is 10.0 Å². The molecule has 114 valence electrons. The summed E-state index contributed by atoms with van der Waals surface area (Å²) in [4.78, 5) is 0.302. The van der Waals surface area contributed by atoms with E-state index in [1.54, 1.807) is 6.07 Å². The minimum absolute atomic E-state index is 0. The third-order valence-corrected chi connectivity index (χ3v) is 5.98. The summed E-state index contributed by atoms with van der Waals surface area (Å²) in [6, 6.07) is 5.22. The molecule has 7 heteroatoms. The third kappa shape index (κ3) is 4.18. The van der Waals surface area contributed by atoms with E-state index in [4.69, 9.17) is 0 Å². The Labute approximate surface area is 135 Å². The van der Waals surface area contributed by atoms with Gasteiger partial charge in [-0.15, -0.1) is 12.4 Å². The van der Waals surface area contributed by atoms with Crippen LogP contribution in [0.25, 0.3) is 0 Å². The quantitative estimate of drug-likeness (QED) is 0.843. The van der Waals surface area contributed by atoms with Crippen molar-refractivity contribution in [1.82, 2.24) is 10.0 Å². The second kappa shape index (κ2) is 7.22. The van der Waals surface area contributed by atoms with Crippen LogP contribution in [0.15, 0.2) is 27.6 Å². The van der Waals surface area contributed by atoms with E-state index in [0.29, 0.717) is 21.8 Å². The number of benzene rings is 1. The van der Waals surface area contributed by atoms with Gasteiger partial charge >= 0.3 is 0 Å². The molecule has 2 unspecified atom stereocenters. The van der Waals surface area contributed by atoms with E-state index in [9.17, 15) is 8.42 Å². The number of rotatable bonds is 3. The first kappa shape index (κ1) is 17.9. The highest BCUT2D eigenvalue weighted by molar-refractivity contribution is 9.10. The first-order valence-electron chi connectivity index (χ1n) is 6.39. The summed E-state index contributed by atoms with van der Waals surface area (Å²) in [5, 5.41) is 3.22. The zero-order valence-corrected chi connectivity index (χ0v) is 14.7. The van der Waals surface area contributed by atoms with Gasteiger partial charge < -0.3 is 5.32 Å². The van der Waals surface area contributed by atoms with Crippen LogP contribution in [0, 0.1) is 12.8 Å². The average molecular weight is 384 g/mol. The van der Waals surface area contributed by atoms with Crippen LogP contribution in [0.5, 0.6) is 0 Å². The van der Waals surface area contributed by atoms with Crippen molar-refractivity contribution in [3.05, 3.63) is 28.2 Å². The van der Waals surface area contributed by atoms with E-state index in [0.717, 1.165) is 18.5 Å². The van der Waals surface area contributed by atoms with Crippen molar-refractivity contribution in [3.8, 4) is 0 Å². The van der Waals surface area contributed by atoms with Crippen LogP contribution < -0.4 is 10.0 Å². The molecular weight excluding hydrogens is 364 g/mol. The summed E-state index contributed by atoms with van der Waals surface area (Å²) >= 11 is 3.33. The summed E-state index contributed by atoms with van der Waals surface area (Å²) in [5.74, 6) is 0.347. The van der Waals surface area contributed by atoms with Crippen LogP contribution >= 0.6 is 28.3 Å². The first-order chi connectivity index (χ1) is 8.90. The maximum atomic E-state index is 12.4. The van der Waals surface area contributed by atoms with Gasteiger partial charge in [0.25, 0.3) is 0 Å². The zero-order valence-electron chi connectivity index (χ0n) is 11.5. The molecule has 2 rings (SSSR count). The van der Waals surface area contributed by atoms with E-state index in [1.807, 2.05) is 19.1 Å². The molecule has 0 bridgehead atoms. The van der Waals surface area contributed by atoms with Crippen molar-refractivity contribution in [3.63, 3.8) is 0 Å². The number of aryl methyl sites for hydroxylation is 1. The third-order valence-electron chi connectivity index (χ3n) is 3.51. The van der Waals surface area contributed by atoms with Gasteiger partial charge in [0, 0.05) is 17.1 Å². The Bertz CT molecular complexity index is 565. The van der Waals surface area contributed by atoms with Crippen LogP contribution in [-0.4, -0.2) is 27.5 Å². The van der Waals surface area contributed by atoms with Crippen LogP contribution in [0.4, 0.5) is 0 Å². The largest absolute Gasteiger partial charge is 0.315 e. The lowest BCUT2D eigenvalue weighted by Crippen LogP contribution is -2.50. The SMILES string of the molecule is Cc1ccc(S(=O)(=O)NC2CNCCC2C)c(Br)c1.Cl. The van der Waals surface area contributed by atoms with Crippen LogP contribution in [0.2, 0.25) is 0 Å². The molecule has 1 aliphatic rings. The second-order valence-corrected chi connectivity index (χ2v) is 7.67. The smallest absolute Gasteiger partial charge is 0.241 e. The van der Waals surface area contributed by atoms with E-state index in [2.05, 4.69) is 32.9 Å². The molecule has 1 fully saturated rings. The summed E-state index contributed by atoms with van der Waals surface area (Å²) < 4.78 is 28.2. The highest BCUT2D eigenvalue weighted by atomic mass is 79.9. The highest BCUT2D eigenvalue weighted by Gasteiger charge is 2.27. The fraction of sp³-hybridized carbons (Fsp3) is 0.538. The molecule has 1 aromatic rings. The van der Waals surface area contributed by atoms with E-state index >= 15 is 0 Å². The lowest BCUT2D eigenvalue weighted by molar-refractivity contribution is 0.327. The molecule has 0 aliphatic carbocycles. The minimum atomic E-state index is -3.48. The van der Waals surface area contributed by atoms with Gasteiger partial charge in [-0.1, -0.05) is 13.0 Å². The van der Waals surface area contributed by atoms with Gasteiger partial charge in [-0.3, -0.25) is 0 Å². The first-order valence-corrected chi connectivity index (χ1v) is 8.67. The molecule has 4 nitrogen and oxygen atoms in total. The predicted octanol–water partition coefficient (Wildman–Crippen LogP) is 2.46. The van der Waals surface area contributed by atoms with Crippen LogP contribution in [0.1, 0.15) is 18.9 Å². The number of nitrogens with one attached hydrogen (secondary N) is 2. The zero-order chi connectivity index (χ0) is 14.0. The van der Waals surface area contributed by atoms with Gasteiger partial charge in [0.1, 0.15) is 0 Å². The fourth-order valence-electron chi connectivity index (χ4n) is 2.23. The monoisotopic (exact) mass is 382 g/mol. The van der Waals surface area contributed by atoms with E-state index < -0.39 is 10.0 Å². The Morgan fingerprint density at radius 3 is 2.70 bits per heavy atom. The average Bonchev–Trinajstić information content (AvgIpc) is 2.31. The van der Waals surface area contributed by atoms with E-state index in [1.165, 1.54) is 0 Å². The highest BCUT2D eigenvalue weighted by Crippen LogP contribution is 2.24. The molecule has 2 N–H and O–H groups in total. The van der Waals surface area contributed by atoms with Gasteiger partial charge in [0.15, 0.2) is 0 Å². The van der Waals surface area contributed by atoms with E-state index in [-0.39, 0.29) is 18.4 Å². The Morgan fingerprint density at radius 2 is 2.10 bits per heavy atom. The number of halogens is 2. The molecule has 0 radical (unpaired) electrons. The Hall–Kier alpha value is -0.140. The van der Waals surface area contributed by atoms with Crippen molar-refractivity contribution < 1.29 is 8.42 Å². The Morgan fingerprint density at radius 1 is 1.40 bits per heavy atom. The number of sulfonamides is 1. The summed E-state index contributed by atoms with van der Waals surface area (Å²) in [7, 11) is -3.48. The summed E-state index contributed by atoms with van der Waals surface area (Å²) in [6.07, 6.45) is 0.988. The van der Waals surface area contributed by atoms with Gasteiger partial charge in [0.05, 0.1) is 4.90 Å². The molecule has 1 heterocycles. The van der Waals surface area contributed by atoms with Crippen molar-refractivity contribution >= 4 is 38.4 Å². The van der Waals surface area contributed by atoms with Gasteiger partial charge in [-0.25, -0.2) is 13.1 Å². The van der Waals surface area contributed by atoms with Crippen molar-refractivity contribution in [1.29, 1.82) is 0 Å². The van der Waals surface area contributed by atoms with Crippen LogP contribution in [0.3, 0.4) is 0 Å². The lowest BCUT2D eigenvalue weighted by atomic mass is 9.96. The molecule has 1 aliphatic heterocycles. The lowest BCUT2D eigenvalue weighted by Gasteiger charge is -2.30. The fourth-order valence-corrected chi connectivity index (χ4v) is 4.77. The molecule has 2 atom stereocenters. The molecule has 1 aromatic carbocycles. The Kier molecular flexibility index (Phi) is 6.47. The molecule has 20 heavy (non-hydrogen) atoms. The van der Waals surface area contributed by atoms with Crippen molar-refractivity contribution in [2.45, 2.75) is 31.2 Å². The standard InChI is InChI=1S/C13H19BrN2O2S.ClH/c1-9-3-4-13(11(14)7-9)19(17,18)16-12-8-15-6-5-10(12)2;/h3-4,7,10,12,15-16H,5-6,8H2,1-2H3;1H. The maximum absolute atomic E-state index is 12.4. The molecule has 0 spiro atoms. The number of hydrogen-bond acceptors (Lipinski definition) is 3. The van der Waals surface area contributed by atoms with Gasteiger partial charge in [-0.05, 0) is 59.4 Å². The maximum Gasteiger partial charge on any atom is 0.241 e. The number of hydrogen-bond donors (Lipinski definition) is 2. The second-order valence-electron chi connectivity index (χ2n) is 5.13. The molecule has 0 aromatic heterocycles.